The van der Waals surface area contributed by atoms with Gasteiger partial charge >= 0.3 is 5.97 Å². The number of aliphatic hydroxyl groups excluding tert-OH is 1. The second-order valence-electron chi connectivity index (χ2n) is 8.81. The molecule has 0 saturated carbocycles. The van der Waals surface area contributed by atoms with Crippen LogP contribution in [0.2, 0.25) is 0 Å². The van der Waals surface area contributed by atoms with Crippen molar-refractivity contribution < 1.29 is 29.4 Å². The highest BCUT2D eigenvalue weighted by Crippen LogP contribution is 2.19. The SMILES string of the molecule is CC(NC(=O)C(NC(=O)C(N)CCCCN)C(C)O)C(=O)NC(Cc1c[nH]c2ccccc12)C(=O)O. The molecule has 36 heavy (non-hydrogen) atoms. The Labute approximate surface area is 209 Å². The normalized spacial score (nSPS) is 15.4. The van der Waals surface area contributed by atoms with Crippen LogP contribution in [0.4, 0.5) is 0 Å². The summed E-state index contributed by atoms with van der Waals surface area (Å²) in [6.45, 7) is 3.16. The fourth-order valence-electron chi connectivity index (χ4n) is 3.69. The molecule has 5 atom stereocenters. The minimum Gasteiger partial charge on any atom is -0.480 e. The molecular weight excluding hydrogens is 468 g/mol. The lowest BCUT2D eigenvalue weighted by Crippen LogP contribution is -2.59. The predicted octanol–water partition coefficient (Wildman–Crippen LogP) is -0.894. The van der Waals surface area contributed by atoms with Crippen molar-refractivity contribution >= 4 is 34.6 Å². The Bertz CT molecular complexity index is 1050. The van der Waals surface area contributed by atoms with Crippen LogP contribution in [0.25, 0.3) is 10.9 Å². The summed E-state index contributed by atoms with van der Waals surface area (Å²) in [4.78, 5) is 52.6. The highest BCUT2D eigenvalue weighted by Gasteiger charge is 2.31. The molecule has 1 aromatic carbocycles. The molecule has 1 heterocycles. The third kappa shape index (κ3) is 8.04. The van der Waals surface area contributed by atoms with Crippen LogP contribution in [0.1, 0.15) is 38.7 Å². The number of aromatic nitrogens is 1. The number of carboxylic acids is 1. The van der Waals surface area contributed by atoms with Crippen LogP contribution in [0.5, 0.6) is 0 Å². The lowest BCUT2D eigenvalue weighted by atomic mass is 10.0. The van der Waals surface area contributed by atoms with Gasteiger partial charge in [0.05, 0.1) is 12.1 Å². The van der Waals surface area contributed by atoms with E-state index in [0.717, 1.165) is 16.5 Å². The van der Waals surface area contributed by atoms with Gasteiger partial charge in [0, 0.05) is 23.5 Å². The number of H-pyrrole nitrogens is 1. The van der Waals surface area contributed by atoms with Crippen molar-refractivity contribution in [3.8, 4) is 0 Å². The number of benzene rings is 1. The van der Waals surface area contributed by atoms with Crippen LogP contribution in [0, 0.1) is 0 Å². The minimum atomic E-state index is -1.35. The van der Waals surface area contributed by atoms with Gasteiger partial charge in [0.1, 0.15) is 18.1 Å². The molecule has 1 aromatic heterocycles. The highest BCUT2D eigenvalue weighted by molar-refractivity contribution is 5.94. The van der Waals surface area contributed by atoms with E-state index in [2.05, 4.69) is 20.9 Å². The number of carbonyl (C=O) groups is 4. The Balaban J connectivity index is 1.98. The molecule has 12 nitrogen and oxygen atoms in total. The van der Waals surface area contributed by atoms with Gasteiger partial charge in [-0.1, -0.05) is 24.6 Å². The van der Waals surface area contributed by atoms with Gasteiger partial charge < -0.3 is 42.6 Å². The Morgan fingerprint density at radius 1 is 1.00 bits per heavy atom. The zero-order chi connectivity index (χ0) is 26.8. The van der Waals surface area contributed by atoms with E-state index in [9.17, 15) is 29.4 Å². The number of carboxylic acid groups (broad SMARTS) is 1. The third-order valence-electron chi connectivity index (χ3n) is 5.83. The maximum Gasteiger partial charge on any atom is 0.326 e. The molecule has 3 amide bonds. The number of rotatable bonds is 14. The maximum absolute atomic E-state index is 12.7. The largest absolute Gasteiger partial charge is 0.480 e. The van der Waals surface area contributed by atoms with E-state index < -0.39 is 54.0 Å². The van der Waals surface area contributed by atoms with Crippen molar-refractivity contribution in [1.82, 2.24) is 20.9 Å². The number of unbranched alkanes of at least 4 members (excludes halogenated alkanes) is 1. The van der Waals surface area contributed by atoms with Crippen molar-refractivity contribution in [2.24, 2.45) is 11.5 Å². The number of carbonyl (C=O) groups excluding carboxylic acids is 3. The Morgan fingerprint density at radius 2 is 1.69 bits per heavy atom. The molecule has 0 saturated heterocycles. The number of fused-ring (bicyclic) bond motifs is 1. The first-order valence-electron chi connectivity index (χ1n) is 11.9. The van der Waals surface area contributed by atoms with Gasteiger partial charge in [0.15, 0.2) is 0 Å². The van der Waals surface area contributed by atoms with Crippen LogP contribution in [-0.4, -0.2) is 75.7 Å². The summed E-state index contributed by atoms with van der Waals surface area (Å²) < 4.78 is 0. The summed E-state index contributed by atoms with van der Waals surface area (Å²) in [5.41, 5.74) is 12.8. The number of aliphatic carboxylic acids is 1. The Morgan fingerprint density at radius 3 is 2.33 bits per heavy atom. The third-order valence-corrected chi connectivity index (χ3v) is 5.83. The number of nitrogens with one attached hydrogen (secondary N) is 4. The van der Waals surface area contributed by atoms with Gasteiger partial charge in [-0.25, -0.2) is 4.79 Å². The summed E-state index contributed by atoms with van der Waals surface area (Å²) in [5, 5.41) is 27.7. The average Bonchev–Trinajstić information content (AvgIpc) is 3.24. The molecular formula is C24H36N6O6. The summed E-state index contributed by atoms with van der Waals surface area (Å²) in [6.07, 6.45) is 2.15. The molecule has 2 rings (SSSR count). The van der Waals surface area contributed by atoms with Gasteiger partial charge in [0.2, 0.25) is 17.7 Å². The molecule has 0 spiro atoms. The summed E-state index contributed by atoms with van der Waals surface area (Å²) in [5.74, 6) is -3.39. The van der Waals surface area contributed by atoms with E-state index in [0.29, 0.717) is 25.8 Å². The first-order chi connectivity index (χ1) is 17.0. The van der Waals surface area contributed by atoms with Gasteiger partial charge in [-0.3, -0.25) is 14.4 Å². The molecule has 0 aliphatic heterocycles. The van der Waals surface area contributed by atoms with Crippen LogP contribution in [0.3, 0.4) is 0 Å². The maximum atomic E-state index is 12.7. The number of nitrogens with two attached hydrogens (primary N) is 2. The van der Waals surface area contributed by atoms with E-state index in [1.54, 1.807) is 6.20 Å². The van der Waals surface area contributed by atoms with Crippen molar-refractivity contribution in [2.45, 2.75) is 69.8 Å². The van der Waals surface area contributed by atoms with E-state index in [4.69, 9.17) is 11.5 Å². The molecule has 0 radical (unpaired) electrons. The zero-order valence-corrected chi connectivity index (χ0v) is 20.5. The minimum absolute atomic E-state index is 0.0279. The number of hydrogen-bond donors (Lipinski definition) is 8. The average molecular weight is 505 g/mol. The Kier molecular flexibility index (Phi) is 10.8. The van der Waals surface area contributed by atoms with E-state index in [1.165, 1.54) is 13.8 Å². The fraction of sp³-hybridized carbons (Fsp3) is 0.500. The first-order valence-corrected chi connectivity index (χ1v) is 11.9. The van der Waals surface area contributed by atoms with Gasteiger partial charge in [-0.05, 0) is 44.9 Å². The quantitative estimate of drug-likeness (QED) is 0.151. The number of amides is 3. The molecule has 0 aliphatic rings. The summed E-state index contributed by atoms with van der Waals surface area (Å²) in [7, 11) is 0. The number of hydrogen-bond acceptors (Lipinski definition) is 7. The predicted molar refractivity (Wildman–Crippen MR) is 134 cm³/mol. The summed E-state index contributed by atoms with van der Waals surface area (Å²) >= 11 is 0. The van der Waals surface area contributed by atoms with Crippen molar-refractivity contribution in [2.75, 3.05) is 6.54 Å². The van der Waals surface area contributed by atoms with Crippen molar-refractivity contribution in [3.05, 3.63) is 36.0 Å². The van der Waals surface area contributed by atoms with Gasteiger partial charge in [-0.15, -0.1) is 0 Å². The van der Waals surface area contributed by atoms with Gasteiger partial charge in [0.25, 0.3) is 0 Å². The van der Waals surface area contributed by atoms with Gasteiger partial charge in [-0.2, -0.15) is 0 Å². The van der Waals surface area contributed by atoms with E-state index in [1.807, 2.05) is 24.3 Å². The second kappa shape index (κ2) is 13.6. The van der Waals surface area contributed by atoms with Crippen LogP contribution >= 0.6 is 0 Å². The standard InChI is InChI=1S/C24H36N6O6/c1-13(28-23(34)20(14(2)31)30-22(33)17(26)8-5-6-10-25)21(32)29-19(24(35)36)11-15-12-27-18-9-4-3-7-16(15)18/h3-4,7,9,12-14,17,19-20,27,31H,5-6,8,10-11,25-26H2,1-2H3,(H,28,34)(H,29,32)(H,30,33)(H,35,36). The molecule has 10 N–H and O–H groups in total. The second-order valence-corrected chi connectivity index (χ2v) is 8.81. The molecule has 2 aromatic rings. The summed E-state index contributed by atoms with van der Waals surface area (Å²) in [6, 6.07) is 2.77. The lowest BCUT2D eigenvalue weighted by molar-refractivity contribution is -0.142. The molecule has 0 aliphatic carbocycles. The van der Waals surface area contributed by atoms with Crippen molar-refractivity contribution in [3.63, 3.8) is 0 Å². The van der Waals surface area contributed by atoms with Crippen LogP contribution in [-0.2, 0) is 25.6 Å². The fourth-order valence-corrected chi connectivity index (χ4v) is 3.69. The topological polar surface area (TPSA) is 213 Å². The van der Waals surface area contributed by atoms with E-state index in [-0.39, 0.29) is 6.42 Å². The lowest BCUT2D eigenvalue weighted by Gasteiger charge is -2.25. The molecule has 0 fully saturated rings. The van der Waals surface area contributed by atoms with E-state index >= 15 is 0 Å². The molecule has 0 bridgehead atoms. The number of aliphatic hydroxyl groups is 1. The highest BCUT2D eigenvalue weighted by atomic mass is 16.4. The zero-order valence-electron chi connectivity index (χ0n) is 20.5. The molecule has 12 heteroatoms. The number of aromatic amines is 1. The number of para-hydroxylation sites is 1. The molecule has 198 valence electrons. The Hall–Kier alpha value is -3.48. The van der Waals surface area contributed by atoms with Crippen molar-refractivity contribution in [1.29, 1.82) is 0 Å². The van der Waals surface area contributed by atoms with Crippen LogP contribution in [0.15, 0.2) is 30.5 Å². The first kappa shape index (κ1) is 28.8. The molecule has 5 unspecified atom stereocenters. The smallest absolute Gasteiger partial charge is 0.326 e. The van der Waals surface area contributed by atoms with Crippen LogP contribution < -0.4 is 27.4 Å². The monoisotopic (exact) mass is 504 g/mol.